The fourth-order valence-electron chi connectivity index (χ4n) is 1.42. The standard InChI is InChI=1S/C12H19NO2S/c1-9(2)13(12(14)10(3)15-4)8-11-6-5-7-16-11/h5-7,9-10H,8H2,1-4H3. The topological polar surface area (TPSA) is 29.5 Å². The highest BCUT2D eigenvalue weighted by molar-refractivity contribution is 7.09. The van der Waals surface area contributed by atoms with Crippen LogP contribution in [0.2, 0.25) is 0 Å². The van der Waals surface area contributed by atoms with Gasteiger partial charge in [0.15, 0.2) is 0 Å². The van der Waals surface area contributed by atoms with Crippen molar-refractivity contribution in [1.29, 1.82) is 0 Å². The van der Waals surface area contributed by atoms with E-state index in [4.69, 9.17) is 4.74 Å². The van der Waals surface area contributed by atoms with Gasteiger partial charge < -0.3 is 9.64 Å². The number of hydrogen-bond donors (Lipinski definition) is 0. The Balaban J connectivity index is 2.71. The van der Waals surface area contributed by atoms with Crippen LogP contribution in [0.4, 0.5) is 0 Å². The summed E-state index contributed by atoms with van der Waals surface area (Å²) in [6, 6.07) is 4.24. The highest BCUT2D eigenvalue weighted by Gasteiger charge is 2.22. The number of hydrogen-bond acceptors (Lipinski definition) is 3. The summed E-state index contributed by atoms with van der Waals surface area (Å²) in [7, 11) is 1.56. The van der Waals surface area contributed by atoms with Crippen molar-refractivity contribution < 1.29 is 9.53 Å². The summed E-state index contributed by atoms with van der Waals surface area (Å²) in [6.07, 6.45) is -0.373. The van der Waals surface area contributed by atoms with Crippen molar-refractivity contribution in [3.8, 4) is 0 Å². The Morgan fingerprint density at radius 1 is 1.50 bits per heavy atom. The lowest BCUT2D eigenvalue weighted by Crippen LogP contribution is -2.42. The fourth-order valence-corrected chi connectivity index (χ4v) is 2.12. The first-order valence-electron chi connectivity index (χ1n) is 5.42. The maximum Gasteiger partial charge on any atom is 0.251 e. The molecule has 16 heavy (non-hydrogen) atoms. The summed E-state index contributed by atoms with van der Waals surface area (Å²) in [5, 5.41) is 2.03. The minimum Gasteiger partial charge on any atom is -0.372 e. The second-order valence-electron chi connectivity index (χ2n) is 4.02. The minimum atomic E-state index is -0.373. The van der Waals surface area contributed by atoms with E-state index in [0.717, 1.165) is 0 Å². The number of ether oxygens (including phenoxy) is 1. The Labute approximate surface area is 101 Å². The molecule has 0 radical (unpaired) electrons. The average Bonchev–Trinajstić information content (AvgIpc) is 2.76. The molecule has 1 aromatic rings. The maximum absolute atomic E-state index is 12.0. The molecular formula is C12H19NO2S. The van der Waals surface area contributed by atoms with E-state index in [0.29, 0.717) is 6.54 Å². The Kier molecular flexibility index (Phi) is 4.96. The normalized spacial score (nSPS) is 12.8. The SMILES string of the molecule is COC(C)C(=O)N(Cc1cccs1)C(C)C. The molecule has 0 fully saturated rings. The molecule has 1 heterocycles. The van der Waals surface area contributed by atoms with Gasteiger partial charge in [-0.3, -0.25) is 4.79 Å². The van der Waals surface area contributed by atoms with E-state index >= 15 is 0 Å². The first-order chi connectivity index (χ1) is 7.56. The Hall–Kier alpha value is -0.870. The lowest BCUT2D eigenvalue weighted by atomic mass is 10.2. The van der Waals surface area contributed by atoms with Gasteiger partial charge in [-0.05, 0) is 32.2 Å². The minimum absolute atomic E-state index is 0.0471. The summed E-state index contributed by atoms with van der Waals surface area (Å²) < 4.78 is 5.07. The molecular weight excluding hydrogens is 222 g/mol. The first-order valence-corrected chi connectivity index (χ1v) is 6.30. The van der Waals surface area contributed by atoms with E-state index in [2.05, 4.69) is 0 Å². The van der Waals surface area contributed by atoms with Gasteiger partial charge in [-0.25, -0.2) is 0 Å². The van der Waals surface area contributed by atoms with Gasteiger partial charge >= 0.3 is 0 Å². The van der Waals surface area contributed by atoms with Gasteiger partial charge in [0.05, 0.1) is 6.54 Å². The monoisotopic (exact) mass is 241 g/mol. The lowest BCUT2D eigenvalue weighted by molar-refractivity contribution is -0.143. The molecule has 0 aliphatic heterocycles. The molecule has 1 rings (SSSR count). The van der Waals surface area contributed by atoms with Crippen molar-refractivity contribution in [3.63, 3.8) is 0 Å². The summed E-state index contributed by atoms with van der Waals surface area (Å²) in [5.41, 5.74) is 0. The number of amides is 1. The van der Waals surface area contributed by atoms with Crippen LogP contribution in [0.3, 0.4) is 0 Å². The van der Waals surface area contributed by atoms with Gasteiger partial charge in [-0.15, -0.1) is 11.3 Å². The third-order valence-electron chi connectivity index (χ3n) is 2.51. The molecule has 4 heteroatoms. The van der Waals surface area contributed by atoms with Gasteiger partial charge in [-0.1, -0.05) is 6.07 Å². The van der Waals surface area contributed by atoms with Crippen molar-refractivity contribution >= 4 is 17.2 Å². The number of methoxy groups -OCH3 is 1. The van der Waals surface area contributed by atoms with Gasteiger partial charge in [-0.2, -0.15) is 0 Å². The van der Waals surface area contributed by atoms with E-state index in [9.17, 15) is 4.79 Å². The molecule has 1 amide bonds. The zero-order valence-corrected chi connectivity index (χ0v) is 11.1. The molecule has 0 aliphatic carbocycles. The Morgan fingerprint density at radius 3 is 2.62 bits per heavy atom. The molecule has 3 nitrogen and oxygen atoms in total. The zero-order valence-electron chi connectivity index (χ0n) is 10.3. The van der Waals surface area contributed by atoms with Crippen LogP contribution in [0, 0.1) is 0 Å². The zero-order chi connectivity index (χ0) is 12.1. The predicted octanol–water partition coefficient (Wildman–Crippen LogP) is 2.52. The summed E-state index contributed by atoms with van der Waals surface area (Å²) in [6.45, 7) is 6.50. The Morgan fingerprint density at radius 2 is 2.19 bits per heavy atom. The highest BCUT2D eigenvalue weighted by Crippen LogP contribution is 2.15. The van der Waals surface area contributed by atoms with Crippen LogP contribution < -0.4 is 0 Å². The third kappa shape index (κ3) is 3.32. The summed E-state index contributed by atoms with van der Waals surface area (Å²) in [4.78, 5) is 15.1. The van der Waals surface area contributed by atoms with Gasteiger partial charge in [0.1, 0.15) is 6.10 Å². The number of thiophene rings is 1. The maximum atomic E-state index is 12.0. The second-order valence-corrected chi connectivity index (χ2v) is 5.05. The predicted molar refractivity (Wildman–Crippen MR) is 66.5 cm³/mol. The van der Waals surface area contributed by atoms with Crippen LogP contribution in [0.5, 0.6) is 0 Å². The van der Waals surface area contributed by atoms with Gasteiger partial charge in [0.25, 0.3) is 5.91 Å². The van der Waals surface area contributed by atoms with Crippen LogP contribution in [0.25, 0.3) is 0 Å². The number of rotatable bonds is 5. The van der Waals surface area contributed by atoms with E-state index in [-0.39, 0.29) is 18.1 Å². The highest BCUT2D eigenvalue weighted by atomic mass is 32.1. The largest absolute Gasteiger partial charge is 0.372 e. The van der Waals surface area contributed by atoms with E-state index < -0.39 is 0 Å². The molecule has 0 saturated carbocycles. The Bertz CT molecular complexity index is 322. The van der Waals surface area contributed by atoms with Gasteiger partial charge in [0.2, 0.25) is 0 Å². The smallest absolute Gasteiger partial charge is 0.251 e. The third-order valence-corrected chi connectivity index (χ3v) is 3.38. The van der Waals surface area contributed by atoms with Crippen LogP contribution in [-0.2, 0) is 16.1 Å². The number of carbonyl (C=O) groups is 1. The number of carbonyl (C=O) groups excluding carboxylic acids is 1. The van der Waals surface area contributed by atoms with E-state index in [1.165, 1.54) is 4.88 Å². The molecule has 1 aromatic heterocycles. The van der Waals surface area contributed by atoms with Crippen molar-refractivity contribution in [2.45, 2.75) is 39.5 Å². The molecule has 90 valence electrons. The van der Waals surface area contributed by atoms with Crippen molar-refractivity contribution in [2.75, 3.05) is 7.11 Å². The van der Waals surface area contributed by atoms with Crippen molar-refractivity contribution in [1.82, 2.24) is 4.90 Å². The van der Waals surface area contributed by atoms with Crippen molar-refractivity contribution in [3.05, 3.63) is 22.4 Å². The molecule has 1 atom stereocenters. The molecule has 0 aromatic carbocycles. The van der Waals surface area contributed by atoms with Crippen LogP contribution in [0.1, 0.15) is 25.6 Å². The average molecular weight is 241 g/mol. The molecule has 0 aliphatic rings. The van der Waals surface area contributed by atoms with Crippen molar-refractivity contribution in [2.24, 2.45) is 0 Å². The molecule has 1 unspecified atom stereocenters. The van der Waals surface area contributed by atoms with E-state index in [1.807, 2.05) is 36.3 Å². The second kappa shape index (κ2) is 6.01. The molecule has 0 bridgehead atoms. The fraction of sp³-hybridized carbons (Fsp3) is 0.583. The molecule has 0 spiro atoms. The summed E-state index contributed by atoms with van der Waals surface area (Å²) >= 11 is 1.67. The van der Waals surface area contributed by atoms with Gasteiger partial charge in [0, 0.05) is 18.0 Å². The first kappa shape index (κ1) is 13.2. The summed E-state index contributed by atoms with van der Waals surface area (Å²) in [5.74, 6) is 0.0471. The van der Waals surface area contributed by atoms with Crippen LogP contribution >= 0.6 is 11.3 Å². The molecule has 0 saturated heterocycles. The molecule has 0 N–H and O–H groups in total. The number of nitrogens with zero attached hydrogens (tertiary/aromatic N) is 1. The lowest BCUT2D eigenvalue weighted by Gasteiger charge is -2.28. The van der Waals surface area contributed by atoms with E-state index in [1.54, 1.807) is 25.4 Å². The quantitative estimate of drug-likeness (QED) is 0.792. The van der Waals surface area contributed by atoms with Crippen LogP contribution in [0.15, 0.2) is 17.5 Å². The van der Waals surface area contributed by atoms with Crippen LogP contribution in [-0.4, -0.2) is 30.1 Å².